The first-order valence-electron chi connectivity index (χ1n) is 8.53. The molecule has 0 unspecified atom stereocenters. The quantitative estimate of drug-likeness (QED) is 0.644. The van der Waals surface area contributed by atoms with E-state index in [4.69, 9.17) is 0 Å². The number of fused-ring (bicyclic) bond motifs is 1. The number of amides is 1. The Balaban J connectivity index is 1.81. The number of benzene rings is 2. The van der Waals surface area contributed by atoms with Crippen molar-refractivity contribution in [1.82, 2.24) is 4.98 Å². The highest BCUT2D eigenvalue weighted by molar-refractivity contribution is 7.92. The molecule has 3 rings (SSSR count). The molecule has 0 aliphatic carbocycles. The topological polar surface area (TPSA) is 88.2 Å². The summed E-state index contributed by atoms with van der Waals surface area (Å²) in [6.07, 6.45) is 0.908. The first-order chi connectivity index (χ1) is 12.7. The lowest BCUT2D eigenvalue weighted by atomic mass is 10.0. The van der Waals surface area contributed by atoms with Gasteiger partial charge in [0.2, 0.25) is 5.91 Å². The highest BCUT2D eigenvalue weighted by Crippen LogP contribution is 2.29. The minimum absolute atomic E-state index is 0.198. The van der Waals surface area contributed by atoms with Gasteiger partial charge >= 0.3 is 0 Å². The standard InChI is InChI=1S/C19H21N3O3S2/c1-12(2)10-14-4-7-16(8-5-14)27(24,25)22-15-6-9-18-17(11-15)21-19(26-18)20-13(3)23/h4-9,11-12,22H,10H2,1-3H3,(H,20,21,23). The fourth-order valence-corrected chi connectivity index (χ4v) is 4.63. The summed E-state index contributed by atoms with van der Waals surface area (Å²) in [7, 11) is -3.68. The lowest BCUT2D eigenvalue weighted by Crippen LogP contribution is -2.13. The monoisotopic (exact) mass is 403 g/mol. The van der Waals surface area contributed by atoms with E-state index in [0.717, 1.165) is 16.7 Å². The summed E-state index contributed by atoms with van der Waals surface area (Å²) in [5, 5.41) is 3.12. The van der Waals surface area contributed by atoms with Crippen LogP contribution in [0.25, 0.3) is 10.2 Å². The van der Waals surface area contributed by atoms with Crippen LogP contribution in [0.4, 0.5) is 10.8 Å². The van der Waals surface area contributed by atoms with Crippen LogP contribution in [0, 0.1) is 5.92 Å². The number of carbonyl (C=O) groups is 1. The van der Waals surface area contributed by atoms with Crippen molar-refractivity contribution >= 4 is 48.3 Å². The predicted molar refractivity (Wildman–Crippen MR) is 110 cm³/mol. The third kappa shape index (κ3) is 4.84. The van der Waals surface area contributed by atoms with Gasteiger partial charge in [-0.15, -0.1) is 0 Å². The molecule has 1 heterocycles. The molecule has 2 N–H and O–H groups in total. The number of hydrogen-bond acceptors (Lipinski definition) is 5. The zero-order chi connectivity index (χ0) is 19.6. The van der Waals surface area contributed by atoms with Gasteiger partial charge in [0, 0.05) is 6.92 Å². The average Bonchev–Trinajstić information content (AvgIpc) is 2.95. The molecule has 0 saturated carbocycles. The van der Waals surface area contributed by atoms with Crippen molar-refractivity contribution in [3.8, 4) is 0 Å². The van der Waals surface area contributed by atoms with E-state index >= 15 is 0 Å². The Hall–Kier alpha value is -2.45. The second-order valence-electron chi connectivity index (χ2n) is 6.73. The molecule has 0 aliphatic heterocycles. The normalized spacial score (nSPS) is 11.7. The van der Waals surface area contributed by atoms with Crippen LogP contribution in [0.2, 0.25) is 0 Å². The van der Waals surface area contributed by atoms with Gasteiger partial charge in [-0.05, 0) is 48.2 Å². The molecule has 142 valence electrons. The zero-order valence-electron chi connectivity index (χ0n) is 15.3. The molecule has 1 aromatic heterocycles. The van der Waals surface area contributed by atoms with Crippen molar-refractivity contribution in [3.05, 3.63) is 48.0 Å². The summed E-state index contributed by atoms with van der Waals surface area (Å²) in [5.74, 6) is 0.314. The van der Waals surface area contributed by atoms with Crippen molar-refractivity contribution in [2.24, 2.45) is 5.92 Å². The average molecular weight is 404 g/mol. The van der Waals surface area contributed by atoms with Crippen LogP contribution < -0.4 is 10.0 Å². The summed E-state index contributed by atoms with van der Waals surface area (Å²) < 4.78 is 28.7. The van der Waals surface area contributed by atoms with Crippen molar-refractivity contribution < 1.29 is 13.2 Å². The van der Waals surface area contributed by atoms with E-state index in [9.17, 15) is 13.2 Å². The minimum Gasteiger partial charge on any atom is -0.302 e. The Morgan fingerprint density at radius 1 is 1.15 bits per heavy atom. The van der Waals surface area contributed by atoms with Crippen LogP contribution in [0.1, 0.15) is 26.3 Å². The highest BCUT2D eigenvalue weighted by atomic mass is 32.2. The Morgan fingerprint density at radius 3 is 2.48 bits per heavy atom. The molecule has 0 bridgehead atoms. The molecule has 1 amide bonds. The molecule has 0 saturated heterocycles. The second-order valence-corrected chi connectivity index (χ2v) is 9.44. The number of anilines is 2. The summed E-state index contributed by atoms with van der Waals surface area (Å²) in [5.41, 5.74) is 2.16. The Bertz CT molecular complexity index is 1070. The van der Waals surface area contributed by atoms with Gasteiger partial charge in [-0.3, -0.25) is 9.52 Å². The fraction of sp³-hybridized carbons (Fsp3) is 0.263. The van der Waals surface area contributed by atoms with Gasteiger partial charge in [0.05, 0.1) is 20.8 Å². The van der Waals surface area contributed by atoms with E-state index in [1.165, 1.54) is 18.3 Å². The van der Waals surface area contributed by atoms with Crippen LogP contribution >= 0.6 is 11.3 Å². The molecule has 3 aromatic rings. The zero-order valence-corrected chi connectivity index (χ0v) is 16.9. The van der Waals surface area contributed by atoms with Crippen LogP contribution in [0.5, 0.6) is 0 Å². The molecular weight excluding hydrogens is 382 g/mol. The van der Waals surface area contributed by atoms with Crippen molar-refractivity contribution in [2.45, 2.75) is 32.1 Å². The smallest absolute Gasteiger partial charge is 0.261 e. The lowest BCUT2D eigenvalue weighted by Gasteiger charge is -2.09. The maximum Gasteiger partial charge on any atom is 0.261 e. The van der Waals surface area contributed by atoms with Crippen LogP contribution in [-0.4, -0.2) is 19.3 Å². The minimum atomic E-state index is -3.68. The maximum atomic E-state index is 12.6. The second kappa shape index (κ2) is 7.66. The summed E-state index contributed by atoms with van der Waals surface area (Å²) >= 11 is 1.33. The maximum absolute atomic E-state index is 12.6. The number of nitrogens with zero attached hydrogens (tertiary/aromatic N) is 1. The number of rotatable bonds is 6. The van der Waals surface area contributed by atoms with Gasteiger partial charge in [0.1, 0.15) is 0 Å². The highest BCUT2D eigenvalue weighted by Gasteiger charge is 2.15. The SMILES string of the molecule is CC(=O)Nc1nc2cc(NS(=O)(=O)c3ccc(CC(C)C)cc3)ccc2s1. The van der Waals surface area contributed by atoms with Crippen LogP contribution in [0.3, 0.4) is 0 Å². The number of thiazole rings is 1. The van der Waals surface area contributed by atoms with Crippen LogP contribution in [-0.2, 0) is 21.2 Å². The van der Waals surface area contributed by atoms with Crippen molar-refractivity contribution in [2.75, 3.05) is 10.0 Å². The van der Waals surface area contributed by atoms with Crippen molar-refractivity contribution in [1.29, 1.82) is 0 Å². The Kier molecular flexibility index (Phi) is 5.48. The van der Waals surface area contributed by atoms with Gasteiger partial charge in [-0.1, -0.05) is 37.3 Å². The van der Waals surface area contributed by atoms with Gasteiger partial charge in [0.15, 0.2) is 5.13 Å². The van der Waals surface area contributed by atoms with Crippen LogP contribution in [0.15, 0.2) is 47.4 Å². The van der Waals surface area contributed by atoms with Gasteiger partial charge in [0.25, 0.3) is 10.0 Å². The predicted octanol–water partition coefficient (Wildman–Crippen LogP) is 4.25. The summed E-state index contributed by atoms with van der Waals surface area (Å²) in [6.45, 7) is 5.66. The summed E-state index contributed by atoms with van der Waals surface area (Å²) in [4.78, 5) is 15.7. The van der Waals surface area contributed by atoms with E-state index in [-0.39, 0.29) is 10.8 Å². The molecule has 0 atom stereocenters. The molecule has 0 fully saturated rings. The Labute approximate surface area is 162 Å². The molecule has 0 spiro atoms. The molecule has 0 radical (unpaired) electrons. The fourth-order valence-electron chi connectivity index (χ4n) is 2.69. The van der Waals surface area contributed by atoms with E-state index < -0.39 is 10.0 Å². The van der Waals surface area contributed by atoms with Gasteiger partial charge in [-0.2, -0.15) is 0 Å². The number of aromatic nitrogens is 1. The Morgan fingerprint density at radius 2 is 1.85 bits per heavy atom. The van der Waals surface area contributed by atoms with E-state index in [0.29, 0.717) is 22.3 Å². The first kappa shape index (κ1) is 19.3. The third-order valence-electron chi connectivity index (χ3n) is 3.80. The summed E-state index contributed by atoms with van der Waals surface area (Å²) in [6, 6.07) is 12.1. The molecule has 6 nitrogen and oxygen atoms in total. The van der Waals surface area contributed by atoms with Gasteiger partial charge < -0.3 is 5.32 Å². The van der Waals surface area contributed by atoms with E-state index in [1.54, 1.807) is 30.3 Å². The van der Waals surface area contributed by atoms with E-state index in [1.807, 2.05) is 12.1 Å². The number of hydrogen-bond donors (Lipinski definition) is 2. The molecule has 8 heteroatoms. The molecular formula is C19H21N3O3S2. The molecule has 27 heavy (non-hydrogen) atoms. The molecule has 2 aromatic carbocycles. The third-order valence-corrected chi connectivity index (χ3v) is 6.15. The van der Waals surface area contributed by atoms with E-state index in [2.05, 4.69) is 28.9 Å². The largest absolute Gasteiger partial charge is 0.302 e. The number of nitrogens with one attached hydrogen (secondary N) is 2. The molecule has 0 aliphatic rings. The number of sulfonamides is 1. The number of carbonyl (C=O) groups excluding carboxylic acids is 1. The van der Waals surface area contributed by atoms with Gasteiger partial charge in [-0.25, -0.2) is 13.4 Å². The first-order valence-corrected chi connectivity index (χ1v) is 10.8. The van der Waals surface area contributed by atoms with Crippen molar-refractivity contribution in [3.63, 3.8) is 0 Å². The lowest BCUT2D eigenvalue weighted by molar-refractivity contribution is -0.114.